The van der Waals surface area contributed by atoms with Crippen molar-refractivity contribution in [1.82, 2.24) is 4.98 Å². The fourth-order valence-corrected chi connectivity index (χ4v) is 2.90. The Morgan fingerprint density at radius 3 is 2.60 bits per heavy atom. The fourth-order valence-electron chi connectivity index (χ4n) is 2.90. The van der Waals surface area contributed by atoms with E-state index in [1.54, 1.807) is 12.1 Å². The van der Waals surface area contributed by atoms with Gasteiger partial charge < -0.3 is 15.2 Å². The summed E-state index contributed by atoms with van der Waals surface area (Å²) in [5.74, 6) is 0. The van der Waals surface area contributed by atoms with E-state index in [-0.39, 0.29) is 12.3 Å². The van der Waals surface area contributed by atoms with Gasteiger partial charge in [0.15, 0.2) is 0 Å². The number of nitrogens with one attached hydrogen (secondary N) is 1. The molecular weight excluding hydrogens is 322 g/mol. The average Bonchev–Trinajstić information content (AvgIpc) is 2.64. The summed E-state index contributed by atoms with van der Waals surface area (Å²) in [5.41, 5.74) is -0.134. The molecule has 7 nitrogen and oxygen atoms in total. The monoisotopic (exact) mass is 347 g/mol. The lowest BCUT2D eigenvalue weighted by Crippen LogP contribution is -2.49. The molecule has 25 heavy (non-hydrogen) atoms. The first-order valence-corrected chi connectivity index (χ1v) is 8.55. The Balaban J connectivity index is 2.53. The maximum Gasteiger partial charge on any atom is 0.311 e. The highest BCUT2D eigenvalue weighted by Gasteiger charge is 2.35. The van der Waals surface area contributed by atoms with Gasteiger partial charge >= 0.3 is 5.69 Å². The molecule has 0 bridgehead atoms. The van der Waals surface area contributed by atoms with E-state index in [0.717, 1.165) is 0 Å². The van der Waals surface area contributed by atoms with Crippen LogP contribution >= 0.6 is 0 Å². The molecule has 1 atom stereocenters. The minimum Gasteiger partial charge on any atom is -0.388 e. The number of fused-ring (bicyclic) bond motifs is 1. The number of hydrogen-bond donors (Lipinski definition) is 2. The third-order valence-corrected chi connectivity index (χ3v) is 4.63. The lowest BCUT2D eigenvalue weighted by Gasteiger charge is -2.35. The van der Waals surface area contributed by atoms with Crippen molar-refractivity contribution in [3.8, 4) is 0 Å². The lowest BCUT2D eigenvalue weighted by molar-refractivity contribution is -0.384. The molecule has 0 aliphatic rings. The predicted octanol–water partition coefficient (Wildman–Crippen LogP) is 3.51. The van der Waals surface area contributed by atoms with Gasteiger partial charge in [-0.2, -0.15) is 0 Å². The van der Waals surface area contributed by atoms with Gasteiger partial charge in [0.05, 0.1) is 28.7 Å². The standard InChI is InChI=1S/C18H25N3O4/c1-4-18(22,5-2)16(12-25-6-3)20-17-13-9-7-8-10-14(13)19-11-15(17)21(23)24/h7-11,16,22H,4-6,12H2,1-3H3,(H,19,20). The Morgan fingerprint density at radius 2 is 2.00 bits per heavy atom. The zero-order valence-corrected chi connectivity index (χ0v) is 14.9. The van der Waals surface area contributed by atoms with Gasteiger partial charge in [-0.15, -0.1) is 0 Å². The Hall–Kier alpha value is -2.25. The first-order chi connectivity index (χ1) is 12.0. The molecule has 1 heterocycles. The van der Waals surface area contributed by atoms with Gasteiger partial charge in [0.25, 0.3) is 0 Å². The van der Waals surface area contributed by atoms with E-state index in [0.29, 0.717) is 36.0 Å². The number of rotatable bonds is 9. The summed E-state index contributed by atoms with van der Waals surface area (Å²) in [6, 6.07) is 6.74. The Labute approximate surface area is 147 Å². The van der Waals surface area contributed by atoms with Crippen LogP contribution in [0.4, 0.5) is 11.4 Å². The largest absolute Gasteiger partial charge is 0.388 e. The molecule has 136 valence electrons. The van der Waals surface area contributed by atoms with Crippen molar-refractivity contribution in [3.63, 3.8) is 0 Å². The second-order valence-electron chi connectivity index (χ2n) is 5.96. The van der Waals surface area contributed by atoms with E-state index in [4.69, 9.17) is 4.74 Å². The molecule has 0 aliphatic heterocycles. The number of nitrogens with zero attached hydrogens (tertiary/aromatic N) is 2. The Bertz CT molecular complexity index is 731. The van der Waals surface area contributed by atoms with Gasteiger partial charge in [-0.25, -0.2) is 4.98 Å². The van der Waals surface area contributed by atoms with Gasteiger partial charge in [0.2, 0.25) is 0 Å². The Morgan fingerprint density at radius 1 is 1.32 bits per heavy atom. The van der Waals surface area contributed by atoms with Gasteiger partial charge in [-0.05, 0) is 25.8 Å². The molecule has 2 N–H and O–H groups in total. The number of aliphatic hydroxyl groups is 1. The van der Waals surface area contributed by atoms with Crippen molar-refractivity contribution in [3.05, 3.63) is 40.6 Å². The second kappa shape index (κ2) is 8.22. The van der Waals surface area contributed by atoms with Crippen LogP contribution in [0.3, 0.4) is 0 Å². The van der Waals surface area contributed by atoms with Crippen LogP contribution < -0.4 is 5.32 Å². The van der Waals surface area contributed by atoms with E-state index < -0.39 is 16.6 Å². The van der Waals surface area contributed by atoms with Crippen molar-refractivity contribution in [2.24, 2.45) is 0 Å². The van der Waals surface area contributed by atoms with Crippen LogP contribution in [0.1, 0.15) is 33.6 Å². The van der Waals surface area contributed by atoms with E-state index in [1.807, 2.05) is 32.9 Å². The van der Waals surface area contributed by atoms with Crippen LogP contribution in [-0.4, -0.2) is 39.9 Å². The number of para-hydroxylation sites is 1. The third kappa shape index (κ3) is 4.05. The molecule has 0 amide bonds. The summed E-state index contributed by atoms with van der Waals surface area (Å²) in [6.07, 6.45) is 2.26. The molecule has 1 aromatic heterocycles. The molecule has 0 spiro atoms. The third-order valence-electron chi connectivity index (χ3n) is 4.63. The minimum atomic E-state index is -1.03. The predicted molar refractivity (Wildman–Crippen MR) is 97.8 cm³/mol. The first-order valence-electron chi connectivity index (χ1n) is 8.55. The van der Waals surface area contributed by atoms with Crippen LogP contribution in [0.25, 0.3) is 10.9 Å². The van der Waals surface area contributed by atoms with Crippen LogP contribution in [0.2, 0.25) is 0 Å². The highest BCUT2D eigenvalue weighted by atomic mass is 16.6. The summed E-state index contributed by atoms with van der Waals surface area (Å²) >= 11 is 0. The number of nitro groups is 1. The van der Waals surface area contributed by atoms with E-state index in [2.05, 4.69) is 10.3 Å². The van der Waals surface area contributed by atoms with Crippen LogP contribution in [0.5, 0.6) is 0 Å². The number of benzene rings is 1. The molecule has 0 saturated heterocycles. The molecule has 7 heteroatoms. The summed E-state index contributed by atoms with van der Waals surface area (Å²) in [7, 11) is 0. The maximum atomic E-state index is 11.5. The summed E-state index contributed by atoms with van der Waals surface area (Å²) in [6.45, 7) is 6.41. The number of pyridine rings is 1. The Kier molecular flexibility index (Phi) is 6.27. The number of aromatic nitrogens is 1. The molecule has 2 aromatic rings. The van der Waals surface area contributed by atoms with Crippen molar-refractivity contribution in [2.75, 3.05) is 18.5 Å². The number of anilines is 1. The van der Waals surface area contributed by atoms with E-state index in [1.165, 1.54) is 6.20 Å². The molecular formula is C18H25N3O4. The normalized spacial score (nSPS) is 13.0. The van der Waals surface area contributed by atoms with Crippen molar-refractivity contribution in [1.29, 1.82) is 0 Å². The molecule has 1 aromatic carbocycles. The minimum absolute atomic E-state index is 0.116. The van der Waals surface area contributed by atoms with E-state index >= 15 is 0 Å². The number of ether oxygens (including phenoxy) is 1. The molecule has 0 fully saturated rings. The maximum absolute atomic E-state index is 11.5. The molecule has 0 aliphatic carbocycles. The summed E-state index contributed by atoms with van der Waals surface area (Å²) < 4.78 is 5.52. The molecule has 0 radical (unpaired) electrons. The van der Waals surface area contributed by atoms with Crippen molar-refractivity contribution >= 4 is 22.3 Å². The van der Waals surface area contributed by atoms with Gasteiger partial charge in [0, 0.05) is 12.0 Å². The summed E-state index contributed by atoms with van der Waals surface area (Å²) in [5, 5.41) is 26.3. The number of hydrogen-bond acceptors (Lipinski definition) is 6. The first kappa shape index (κ1) is 19.1. The van der Waals surface area contributed by atoms with Crippen molar-refractivity contribution < 1.29 is 14.8 Å². The lowest BCUT2D eigenvalue weighted by atomic mass is 9.88. The second-order valence-corrected chi connectivity index (χ2v) is 5.96. The van der Waals surface area contributed by atoms with Gasteiger partial charge in [0.1, 0.15) is 11.9 Å². The van der Waals surface area contributed by atoms with Crippen LogP contribution in [-0.2, 0) is 4.74 Å². The topological polar surface area (TPSA) is 97.5 Å². The molecule has 0 saturated carbocycles. The highest BCUT2D eigenvalue weighted by Crippen LogP contribution is 2.34. The average molecular weight is 347 g/mol. The zero-order chi connectivity index (χ0) is 18.4. The molecule has 1 unspecified atom stereocenters. The quantitative estimate of drug-likeness (QED) is 0.532. The van der Waals surface area contributed by atoms with Gasteiger partial charge in [-0.1, -0.05) is 32.0 Å². The zero-order valence-electron chi connectivity index (χ0n) is 14.9. The van der Waals surface area contributed by atoms with Crippen molar-refractivity contribution in [2.45, 2.75) is 45.3 Å². The SMILES string of the molecule is CCOCC(Nc1c([N+](=O)[O-])cnc2ccccc12)C(O)(CC)CC. The smallest absolute Gasteiger partial charge is 0.311 e. The van der Waals surface area contributed by atoms with Crippen LogP contribution in [0.15, 0.2) is 30.5 Å². The van der Waals surface area contributed by atoms with E-state index in [9.17, 15) is 15.2 Å². The van der Waals surface area contributed by atoms with Crippen LogP contribution in [0, 0.1) is 10.1 Å². The highest BCUT2D eigenvalue weighted by molar-refractivity contribution is 5.95. The summed E-state index contributed by atoms with van der Waals surface area (Å²) in [4.78, 5) is 15.2. The fraction of sp³-hybridized carbons (Fsp3) is 0.500. The molecule has 2 rings (SSSR count). The van der Waals surface area contributed by atoms with Gasteiger partial charge in [-0.3, -0.25) is 10.1 Å².